The Morgan fingerprint density at radius 1 is 1.06 bits per heavy atom. The van der Waals surface area contributed by atoms with Crippen LogP contribution in [0.25, 0.3) is 0 Å². The molecule has 3 aliphatic heterocycles. The van der Waals surface area contributed by atoms with E-state index in [9.17, 15) is 19.2 Å². The molecular formula is C26H26N4O6. The van der Waals surface area contributed by atoms with E-state index in [1.54, 1.807) is 23.1 Å². The first-order valence-corrected chi connectivity index (χ1v) is 12.2. The minimum atomic E-state index is -1.08. The van der Waals surface area contributed by atoms with Crippen LogP contribution in [0.3, 0.4) is 0 Å². The predicted molar refractivity (Wildman–Crippen MR) is 127 cm³/mol. The fourth-order valence-electron chi connectivity index (χ4n) is 5.58. The number of ether oxygens (including phenoxy) is 2. The molecule has 3 heterocycles. The zero-order valence-corrected chi connectivity index (χ0v) is 19.6. The minimum absolute atomic E-state index is 0.114. The van der Waals surface area contributed by atoms with E-state index in [0.717, 1.165) is 16.0 Å². The quantitative estimate of drug-likeness (QED) is 0.633. The molecule has 36 heavy (non-hydrogen) atoms. The zero-order valence-electron chi connectivity index (χ0n) is 19.6. The summed E-state index contributed by atoms with van der Waals surface area (Å²) in [6.07, 6.45) is 2.19. The van der Waals surface area contributed by atoms with Crippen molar-refractivity contribution in [3.05, 3.63) is 53.6 Å². The predicted octanol–water partition coefficient (Wildman–Crippen LogP) is 1.99. The first kappa shape index (κ1) is 22.4. The summed E-state index contributed by atoms with van der Waals surface area (Å²) in [4.78, 5) is 54.4. The van der Waals surface area contributed by atoms with Crippen molar-refractivity contribution in [2.75, 3.05) is 31.7 Å². The standard InChI is InChI=1S/C26H26N4O6/c31-22(14-30-24(33)26(28-25(30)34)10-7-16-3-1-2-4-19(16)26)29-11-8-17(9-12-29)23(32)27-18-5-6-20-21(13-18)36-15-35-20/h1-6,13,17H,7-12,14-15H2,(H,27,32)(H,28,34). The monoisotopic (exact) mass is 490 g/mol. The molecule has 1 aliphatic carbocycles. The largest absolute Gasteiger partial charge is 0.454 e. The van der Waals surface area contributed by atoms with Gasteiger partial charge in [-0.15, -0.1) is 0 Å². The lowest BCUT2D eigenvalue weighted by molar-refractivity contribution is -0.140. The molecule has 2 aromatic carbocycles. The smallest absolute Gasteiger partial charge is 0.325 e. The number of imide groups is 1. The minimum Gasteiger partial charge on any atom is -0.454 e. The van der Waals surface area contributed by atoms with E-state index in [2.05, 4.69) is 10.6 Å². The van der Waals surface area contributed by atoms with Crippen molar-refractivity contribution in [1.29, 1.82) is 0 Å². The molecule has 0 bridgehead atoms. The van der Waals surface area contributed by atoms with Gasteiger partial charge in [-0.25, -0.2) is 4.79 Å². The number of piperidine rings is 1. The molecule has 5 amide bonds. The van der Waals surface area contributed by atoms with E-state index in [4.69, 9.17) is 9.47 Å². The van der Waals surface area contributed by atoms with E-state index in [0.29, 0.717) is 56.0 Å². The van der Waals surface area contributed by atoms with E-state index < -0.39 is 11.6 Å². The molecule has 2 N–H and O–H groups in total. The van der Waals surface area contributed by atoms with Crippen LogP contribution in [0.15, 0.2) is 42.5 Å². The van der Waals surface area contributed by atoms with Crippen LogP contribution < -0.4 is 20.1 Å². The first-order valence-electron chi connectivity index (χ1n) is 12.2. The van der Waals surface area contributed by atoms with Crippen molar-refractivity contribution < 1.29 is 28.7 Å². The van der Waals surface area contributed by atoms with Gasteiger partial charge in [0, 0.05) is 30.8 Å². The molecular weight excluding hydrogens is 464 g/mol. The number of benzene rings is 2. The summed E-state index contributed by atoms with van der Waals surface area (Å²) in [6, 6.07) is 12.3. The van der Waals surface area contributed by atoms with Crippen LogP contribution in [-0.2, 0) is 26.3 Å². The fraction of sp³-hybridized carbons (Fsp3) is 0.385. The molecule has 2 fully saturated rings. The summed E-state index contributed by atoms with van der Waals surface area (Å²) >= 11 is 0. The molecule has 0 saturated carbocycles. The summed E-state index contributed by atoms with van der Waals surface area (Å²) in [5.74, 6) is 0.219. The number of carbonyl (C=O) groups is 4. The van der Waals surface area contributed by atoms with Crippen LogP contribution in [0.1, 0.15) is 30.4 Å². The number of anilines is 1. The third kappa shape index (κ3) is 3.64. The second kappa shape index (κ2) is 8.54. The van der Waals surface area contributed by atoms with Gasteiger partial charge in [-0.3, -0.25) is 19.3 Å². The molecule has 1 spiro atoms. The lowest BCUT2D eigenvalue weighted by atomic mass is 9.92. The van der Waals surface area contributed by atoms with Gasteiger partial charge in [0.25, 0.3) is 5.91 Å². The summed E-state index contributed by atoms with van der Waals surface area (Å²) in [5, 5.41) is 5.76. The SMILES string of the molecule is O=C(Nc1ccc2c(c1)OCO2)C1CCN(C(=O)CN2C(=O)NC3(CCc4ccccc43)C2=O)CC1. The highest BCUT2D eigenvalue weighted by molar-refractivity contribution is 6.10. The Balaban J connectivity index is 1.05. The van der Waals surface area contributed by atoms with Crippen molar-refractivity contribution in [1.82, 2.24) is 15.1 Å². The number of fused-ring (bicyclic) bond motifs is 3. The lowest BCUT2D eigenvalue weighted by Gasteiger charge is -2.32. The van der Waals surface area contributed by atoms with Gasteiger partial charge in [-0.1, -0.05) is 24.3 Å². The maximum Gasteiger partial charge on any atom is 0.325 e. The number of hydrogen-bond acceptors (Lipinski definition) is 6. The Labute approximate surface area is 207 Å². The second-order valence-corrected chi connectivity index (χ2v) is 9.60. The van der Waals surface area contributed by atoms with E-state index in [1.165, 1.54) is 0 Å². The van der Waals surface area contributed by atoms with Gasteiger partial charge in [0.1, 0.15) is 12.1 Å². The average molecular weight is 491 g/mol. The number of aryl methyl sites for hydroxylation is 1. The Bertz CT molecular complexity index is 1270. The van der Waals surface area contributed by atoms with Gasteiger partial charge in [0.05, 0.1) is 0 Å². The van der Waals surface area contributed by atoms with Crippen LogP contribution in [-0.4, -0.2) is 60.0 Å². The van der Waals surface area contributed by atoms with Crippen LogP contribution in [0.5, 0.6) is 11.5 Å². The first-order chi connectivity index (χ1) is 17.4. The number of nitrogens with one attached hydrogen (secondary N) is 2. The third-order valence-corrected chi connectivity index (χ3v) is 7.57. The zero-order chi connectivity index (χ0) is 24.9. The van der Waals surface area contributed by atoms with Crippen LogP contribution in [0.2, 0.25) is 0 Å². The van der Waals surface area contributed by atoms with E-state index in [1.807, 2.05) is 24.3 Å². The number of nitrogens with zero attached hydrogens (tertiary/aromatic N) is 2. The van der Waals surface area contributed by atoms with Gasteiger partial charge in [-0.2, -0.15) is 0 Å². The number of amides is 5. The van der Waals surface area contributed by atoms with Crippen LogP contribution >= 0.6 is 0 Å². The Morgan fingerprint density at radius 2 is 1.83 bits per heavy atom. The molecule has 2 saturated heterocycles. The van der Waals surface area contributed by atoms with Crippen molar-refractivity contribution >= 4 is 29.4 Å². The summed E-state index contributed by atoms with van der Waals surface area (Å²) in [6.45, 7) is 0.631. The van der Waals surface area contributed by atoms with Gasteiger partial charge >= 0.3 is 6.03 Å². The Kier molecular flexibility index (Phi) is 5.31. The summed E-state index contributed by atoms with van der Waals surface area (Å²) in [5.41, 5.74) is 1.41. The molecule has 4 aliphatic rings. The lowest BCUT2D eigenvalue weighted by Crippen LogP contribution is -2.47. The highest BCUT2D eigenvalue weighted by atomic mass is 16.7. The number of likely N-dealkylation sites (tertiary alicyclic amines) is 1. The fourth-order valence-corrected chi connectivity index (χ4v) is 5.58. The molecule has 186 valence electrons. The number of carbonyl (C=O) groups excluding carboxylic acids is 4. The molecule has 1 atom stereocenters. The molecule has 0 aromatic heterocycles. The molecule has 2 aromatic rings. The topological polar surface area (TPSA) is 117 Å². The van der Waals surface area contributed by atoms with E-state index in [-0.39, 0.29) is 37.0 Å². The van der Waals surface area contributed by atoms with Gasteiger partial charge in [0.15, 0.2) is 11.5 Å². The highest BCUT2D eigenvalue weighted by Crippen LogP contribution is 2.41. The summed E-state index contributed by atoms with van der Waals surface area (Å²) < 4.78 is 10.6. The van der Waals surface area contributed by atoms with Crippen molar-refractivity contribution in [2.24, 2.45) is 5.92 Å². The van der Waals surface area contributed by atoms with Crippen LogP contribution in [0.4, 0.5) is 10.5 Å². The van der Waals surface area contributed by atoms with Gasteiger partial charge < -0.3 is 25.0 Å². The molecule has 1 unspecified atom stereocenters. The number of hydrogen-bond donors (Lipinski definition) is 2. The molecule has 10 nitrogen and oxygen atoms in total. The highest BCUT2D eigenvalue weighted by Gasteiger charge is 2.55. The Hall–Kier alpha value is -4.08. The second-order valence-electron chi connectivity index (χ2n) is 9.60. The van der Waals surface area contributed by atoms with Crippen molar-refractivity contribution in [3.63, 3.8) is 0 Å². The summed E-state index contributed by atoms with van der Waals surface area (Å²) in [7, 11) is 0. The third-order valence-electron chi connectivity index (χ3n) is 7.57. The maximum atomic E-state index is 13.3. The Morgan fingerprint density at radius 3 is 2.67 bits per heavy atom. The maximum absolute atomic E-state index is 13.3. The average Bonchev–Trinajstić information content (AvgIpc) is 3.57. The molecule has 6 rings (SSSR count). The van der Waals surface area contributed by atoms with E-state index >= 15 is 0 Å². The van der Waals surface area contributed by atoms with Gasteiger partial charge in [-0.05, 0) is 48.9 Å². The number of rotatable bonds is 4. The normalized spacial score (nSPS) is 22.7. The molecule has 10 heteroatoms. The van der Waals surface area contributed by atoms with Gasteiger partial charge in [0.2, 0.25) is 18.6 Å². The molecule has 0 radical (unpaired) electrons. The number of urea groups is 1. The van der Waals surface area contributed by atoms with Crippen molar-refractivity contribution in [3.8, 4) is 11.5 Å². The van der Waals surface area contributed by atoms with Crippen molar-refractivity contribution in [2.45, 2.75) is 31.2 Å². The van der Waals surface area contributed by atoms with Crippen LogP contribution in [0, 0.1) is 5.92 Å².